The van der Waals surface area contributed by atoms with Gasteiger partial charge in [-0.25, -0.2) is 0 Å². The van der Waals surface area contributed by atoms with Gasteiger partial charge in [0.15, 0.2) is 0 Å². The maximum atomic E-state index is 10.5. The van der Waals surface area contributed by atoms with Gasteiger partial charge < -0.3 is 9.52 Å². The van der Waals surface area contributed by atoms with E-state index in [0.717, 1.165) is 49.8 Å². The Morgan fingerprint density at radius 3 is 2.68 bits per heavy atom. The van der Waals surface area contributed by atoms with E-state index in [2.05, 4.69) is 34.1 Å². The zero-order valence-corrected chi connectivity index (χ0v) is 15.0. The monoisotopic (exact) mass is 340 g/mol. The van der Waals surface area contributed by atoms with E-state index >= 15 is 0 Å². The second kappa shape index (κ2) is 7.32. The highest BCUT2D eigenvalue weighted by Gasteiger charge is 2.35. The molecule has 25 heavy (non-hydrogen) atoms. The maximum absolute atomic E-state index is 10.5. The minimum Gasteiger partial charge on any atom is -0.461 e. The molecule has 0 radical (unpaired) electrons. The molecule has 2 aliphatic rings. The van der Waals surface area contributed by atoms with Gasteiger partial charge in [-0.3, -0.25) is 9.80 Å². The van der Waals surface area contributed by atoms with Gasteiger partial charge in [-0.2, -0.15) is 0 Å². The first-order valence-corrected chi connectivity index (χ1v) is 9.49. The van der Waals surface area contributed by atoms with Crippen LogP contribution in [0.25, 0.3) is 11.3 Å². The van der Waals surface area contributed by atoms with Gasteiger partial charge in [0, 0.05) is 31.2 Å². The molecule has 2 fully saturated rings. The average Bonchev–Trinajstić information content (AvgIpc) is 3.22. The lowest BCUT2D eigenvalue weighted by atomic mass is 10.1. The molecule has 134 valence electrons. The fourth-order valence-electron chi connectivity index (χ4n) is 4.26. The van der Waals surface area contributed by atoms with Crippen LogP contribution >= 0.6 is 0 Å². The Kier molecular flexibility index (Phi) is 4.93. The van der Waals surface area contributed by atoms with Crippen LogP contribution in [0, 0.1) is 6.92 Å². The second-order valence-electron chi connectivity index (χ2n) is 7.54. The summed E-state index contributed by atoms with van der Waals surface area (Å²) in [7, 11) is 0. The summed E-state index contributed by atoms with van der Waals surface area (Å²) in [6.45, 7) is 6.87. The summed E-state index contributed by atoms with van der Waals surface area (Å²) in [5, 5.41) is 10.5. The van der Waals surface area contributed by atoms with Gasteiger partial charge in [0.05, 0.1) is 6.10 Å². The quantitative estimate of drug-likeness (QED) is 0.927. The SMILES string of the molecule is Cc1ccc(-c2cccc(CN3C[C@H](O)[C@@H](N4CCCCC4)C3)c2)o1. The zero-order valence-electron chi connectivity index (χ0n) is 15.0. The van der Waals surface area contributed by atoms with Crippen molar-refractivity contribution in [1.82, 2.24) is 9.80 Å². The van der Waals surface area contributed by atoms with Crippen molar-refractivity contribution in [2.45, 2.75) is 44.9 Å². The van der Waals surface area contributed by atoms with Crippen molar-refractivity contribution in [2.75, 3.05) is 26.2 Å². The summed E-state index contributed by atoms with van der Waals surface area (Å²) in [6, 6.07) is 12.9. The molecule has 2 aliphatic heterocycles. The summed E-state index contributed by atoms with van der Waals surface area (Å²) in [6.07, 6.45) is 3.65. The Morgan fingerprint density at radius 2 is 1.92 bits per heavy atom. The fraction of sp³-hybridized carbons (Fsp3) is 0.524. The minimum absolute atomic E-state index is 0.228. The molecule has 4 rings (SSSR count). The van der Waals surface area contributed by atoms with Gasteiger partial charge in [0.2, 0.25) is 0 Å². The Morgan fingerprint density at radius 1 is 1.08 bits per heavy atom. The molecule has 0 saturated carbocycles. The van der Waals surface area contributed by atoms with Crippen LogP contribution in [-0.2, 0) is 6.54 Å². The van der Waals surface area contributed by atoms with Crippen LogP contribution in [0.2, 0.25) is 0 Å². The molecule has 3 heterocycles. The standard InChI is InChI=1S/C21H28N2O2/c1-16-8-9-21(25-16)18-7-5-6-17(12-18)13-22-14-19(20(24)15-22)23-10-3-2-4-11-23/h5-9,12,19-20,24H,2-4,10-11,13-15H2,1H3/t19-,20-/m0/s1. The van der Waals surface area contributed by atoms with Crippen LogP contribution in [0.1, 0.15) is 30.6 Å². The van der Waals surface area contributed by atoms with Crippen LogP contribution in [-0.4, -0.2) is 53.2 Å². The largest absolute Gasteiger partial charge is 0.461 e. The van der Waals surface area contributed by atoms with Crippen LogP contribution in [0.4, 0.5) is 0 Å². The van der Waals surface area contributed by atoms with Gasteiger partial charge in [0.1, 0.15) is 11.5 Å². The summed E-state index contributed by atoms with van der Waals surface area (Å²) in [4.78, 5) is 4.88. The van der Waals surface area contributed by atoms with E-state index in [1.54, 1.807) is 0 Å². The molecule has 1 N–H and O–H groups in total. The van der Waals surface area contributed by atoms with Crippen molar-refractivity contribution in [3.8, 4) is 11.3 Å². The van der Waals surface area contributed by atoms with E-state index < -0.39 is 0 Å². The second-order valence-corrected chi connectivity index (χ2v) is 7.54. The van der Waals surface area contributed by atoms with Gasteiger partial charge in [0.25, 0.3) is 0 Å². The molecule has 1 aromatic carbocycles. The van der Waals surface area contributed by atoms with Crippen molar-refractivity contribution in [3.05, 3.63) is 47.7 Å². The van der Waals surface area contributed by atoms with Crippen LogP contribution in [0.5, 0.6) is 0 Å². The number of piperidine rings is 1. The number of nitrogens with zero attached hydrogens (tertiary/aromatic N) is 2. The molecular formula is C21H28N2O2. The van der Waals surface area contributed by atoms with Gasteiger partial charge in [-0.1, -0.05) is 24.6 Å². The normalized spacial score (nSPS) is 25.5. The zero-order chi connectivity index (χ0) is 17.2. The van der Waals surface area contributed by atoms with Crippen LogP contribution < -0.4 is 0 Å². The summed E-state index contributed by atoms with van der Waals surface area (Å²) in [5.41, 5.74) is 2.40. The van der Waals surface area contributed by atoms with E-state index in [-0.39, 0.29) is 6.10 Å². The number of hydrogen-bond acceptors (Lipinski definition) is 4. The van der Waals surface area contributed by atoms with Crippen LogP contribution in [0.3, 0.4) is 0 Å². The highest BCUT2D eigenvalue weighted by molar-refractivity contribution is 5.58. The highest BCUT2D eigenvalue weighted by Crippen LogP contribution is 2.25. The molecule has 2 aromatic rings. The molecule has 0 aliphatic carbocycles. The van der Waals surface area contributed by atoms with Crippen LogP contribution in [0.15, 0.2) is 40.8 Å². The predicted molar refractivity (Wildman–Crippen MR) is 99.4 cm³/mol. The third-order valence-corrected chi connectivity index (χ3v) is 5.55. The van der Waals surface area contributed by atoms with Crippen molar-refractivity contribution < 1.29 is 9.52 Å². The Balaban J connectivity index is 1.42. The molecule has 0 amide bonds. The van der Waals surface area contributed by atoms with E-state index in [9.17, 15) is 5.11 Å². The van der Waals surface area contributed by atoms with Gasteiger partial charge >= 0.3 is 0 Å². The van der Waals surface area contributed by atoms with Gasteiger partial charge in [-0.05, 0) is 56.6 Å². The number of aryl methyl sites for hydroxylation is 1. The minimum atomic E-state index is -0.228. The molecule has 0 unspecified atom stereocenters. The first-order valence-electron chi connectivity index (χ1n) is 9.49. The summed E-state index contributed by atoms with van der Waals surface area (Å²) < 4.78 is 5.75. The lowest BCUT2D eigenvalue weighted by Crippen LogP contribution is -2.45. The molecule has 0 bridgehead atoms. The van der Waals surface area contributed by atoms with E-state index in [1.165, 1.54) is 24.8 Å². The highest BCUT2D eigenvalue weighted by atomic mass is 16.3. The number of hydrogen-bond donors (Lipinski definition) is 1. The molecule has 4 nitrogen and oxygen atoms in total. The molecule has 1 aromatic heterocycles. The average molecular weight is 340 g/mol. The Hall–Kier alpha value is -1.62. The maximum Gasteiger partial charge on any atom is 0.134 e. The fourth-order valence-corrected chi connectivity index (χ4v) is 4.26. The van der Waals surface area contributed by atoms with E-state index in [1.807, 2.05) is 19.1 Å². The van der Waals surface area contributed by atoms with E-state index in [4.69, 9.17) is 4.42 Å². The number of aliphatic hydroxyl groups excluding tert-OH is 1. The first kappa shape index (κ1) is 16.8. The summed E-state index contributed by atoms with van der Waals surface area (Å²) >= 11 is 0. The first-order chi connectivity index (χ1) is 12.2. The molecule has 4 heteroatoms. The Labute approximate surface area is 150 Å². The number of furan rings is 1. The molecule has 2 atom stereocenters. The lowest BCUT2D eigenvalue weighted by molar-refractivity contribution is 0.0706. The number of β-amino-alcohol motifs (C(OH)–C–C–N with tert-alkyl or cyclic N) is 1. The van der Waals surface area contributed by atoms with Gasteiger partial charge in [-0.15, -0.1) is 0 Å². The summed E-state index contributed by atoms with van der Waals surface area (Å²) in [5.74, 6) is 1.86. The molecule has 0 spiro atoms. The Bertz CT molecular complexity index is 705. The third-order valence-electron chi connectivity index (χ3n) is 5.55. The topological polar surface area (TPSA) is 39.9 Å². The third kappa shape index (κ3) is 3.81. The molecular weight excluding hydrogens is 312 g/mol. The van der Waals surface area contributed by atoms with Crippen molar-refractivity contribution in [3.63, 3.8) is 0 Å². The molecule has 2 saturated heterocycles. The van der Waals surface area contributed by atoms with Crippen molar-refractivity contribution in [2.24, 2.45) is 0 Å². The number of aliphatic hydroxyl groups is 1. The van der Waals surface area contributed by atoms with Crippen molar-refractivity contribution in [1.29, 1.82) is 0 Å². The van der Waals surface area contributed by atoms with Crippen molar-refractivity contribution >= 4 is 0 Å². The van der Waals surface area contributed by atoms with E-state index in [0.29, 0.717) is 6.04 Å². The lowest BCUT2D eigenvalue weighted by Gasteiger charge is -2.33. The number of benzene rings is 1. The predicted octanol–water partition coefficient (Wildman–Crippen LogP) is 3.29. The smallest absolute Gasteiger partial charge is 0.134 e. The number of likely N-dealkylation sites (tertiary alicyclic amines) is 2. The number of rotatable bonds is 4.